The molecule has 182 valence electrons. The van der Waals surface area contributed by atoms with Gasteiger partial charge in [-0.2, -0.15) is 0 Å². The second-order valence-corrected chi connectivity index (χ2v) is 9.23. The fourth-order valence-corrected chi connectivity index (χ4v) is 4.46. The van der Waals surface area contributed by atoms with Crippen molar-refractivity contribution in [3.05, 3.63) is 119 Å². The number of halogens is 2. The van der Waals surface area contributed by atoms with Crippen molar-refractivity contribution < 1.29 is 14.3 Å². The molecule has 0 N–H and O–H groups in total. The molecular weight excluding hydrogens is 495 g/mol. The molecule has 1 fully saturated rings. The summed E-state index contributed by atoms with van der Waals surface area (Å²) in [5.41, 5.74) is 1.64. The first-order valence-corrected chi connectivity index (χ1v) is 12.3. The lowest BCUT2D eigenvalue weighted by Crippen LogP contribution is -2.71. The van der Waals surface area contributed by atoms with Gasteiger partial charge in [0, 0.05) is 21.4 Å². The Hall–Kier alpha value is -3.67. The molecule has 0 bridgehead atoms. The first-order valence-electron chi connectivity index (χ1n) is 11.6. The van der Waals surface area contributed by atoms with Crippen LogP contribution >= 0.6 is 23.2 Å². The van der Waals surface area contributed by atoms with Gasteiger partial charge in [-0.05, 0) is 72.8 Å². The molecule has 1 amide bonds. The van der Waals surface area contributed by atoms with Crippen LogP contribution in [0.5, 0.6) is 11.5 Å². The molecule has 1 heterocycles. The monoisotopic (exact) mass is 518 g/mol. The molecule has 4 aromatic carbocycles. The van der Waals surface area contributed by atoms with Crippen molar-refractivity contribution >= 4 is 40.5 Å². The van der Waals surface area contributed by atoms with Crippen molar-refractivity contribution in [3.8, 4) is 11.5 Å². The molecule has 0 aliphatic carbocycles. The second kappa shape index (κ2) is 10.9. The predicted octanol–water partition coefficient (Wildman–Crippen LogP) is 6.70. The zero-order valence-corrected chi connectivity index (χ0v) is 20.8. The van der Waals surface area contributed by atoms with Gasteiger partial charge in [0.15, 0.2) is 12.7 Å². The summed E-state index contributed by atoms with van der Waals surface area (Å²) >= 11 is 12.3. The Kier molecular flexibility index (Phi) is 7.31. The van der Waals surface area contributed by atoms with Crippen molar-refractivity contribution in [2.45, 2.75) is 12.3 Å². The molecule has 2 atom stereocenters. The number of amides is 1. The Labute approximate surface area is 220 Å². The molecule has 0 unspecified atom stereocenters. The van der Waals surface area contributed by atoms with E-state index in [1.165, 1.54) is 0 Å². The average Bonchev–Trinajstić information content (AvgIpc) is 2.90. The van der Waals surface area contributed by atoms with Crippen LogP contribution in [0.2, 0.25) is 10.0 Å². The Morgan fingerprint density at radius 3 is 1.94 bits per heavy atom. The largest absolute Gasteiger partial charge is 0.484 e. The van der Waals surface area contributed by atoms with Crippen LogP contribution in [0, 0.1) is 0 Å². The van der Waals surface area contributed by atoms with Gasteiger partial charge in [0.1, 0.15) is 17.7 Å². The van der Waals surface area contributed by atoms with E-state index < -0.39 is 6.17 Å². The van der Waals surface area contributed by atoms with Crippen LogP contribution in [-0.2, 0) is 4.79 Å². The van der Waals surface area contributed by atoms with E-state index >= 15 is 0 Å². The van der Waals surface area contributed by atoms with Crippen LogP contribution < -0.4 is 19.3 Å². The highest BCUT2D eigenvalue weighted by Gasteiger charge is 2.47. The highest BCUT2D eigenvalue weighted by molar-refractivity contribution is 6.31. The quantitative estimate of drug-likeness (QED) is 0.260. The molecule has 0 radical (unpaired) electrons. The Balaban J connectivity index is 1.48. The highest BCUT2D eigenvalue weighted by Crippen LogP contribution is 2.35. The molecule has 5 rings (SSSR count). The van der Waals surface area contributed by atoms with Crippen LogP contribution in [-0.4, -0.2) is 31.3 Å². The number of hydrogen-bond donors (Lipinski definition) is 0. The van der Waals surface area contributed by atoms with Crippen molar-refractivity contribution in [2.75, 3.05) is 23.0 Å². The molecule has 1 aliphatic rings. The van der Waals surface area contributed by atoms with E-state index in [1.54, 1.807) is 17.0 Å². The molecule has 0 spiro atoms. The van der Waals surface area contributed by atoms with Gasteiger partial charge in [0.25, 0.3) is 5.91 Å². The van der Waals surface area contributed by atoms with Crippen LogP contribution in [0.3, 0.4) is 0 Å². The number of para-hydroxylation sites is 2. The summed E-state index contributed by atoms with van der Waals surface area (Å²) in [5.74, 6) is 1.17. The SMILES string of the molecule is O=C(COc1ccccc1)N(c1ccc(Cl)cc1)[C@H]1[C@H](Oc2ccccc2)CN1c1ccc(Cl)cc1. The fraction of sp³-hybridized carbons (Fsp3) is 0.138. The normalized spacial score (nSPS) is 16.7. The number of carbonyl (C=O) groups is 1. The van der Waals surface area contributed by atoms with Gasteiger partial charge in [-0.15, -0.1) is 0 Å². The minimum absolute atomic E-state index is 0.129. The summed E-state index contributed by atoms with van der Waals surface area (Å²) in [6, 6.07) is 33.7. The standard InChI is InChI=1S/C29H24Cl2N2O3/c30-21-11-15-23(16-12-21)32-19-27(36-26-9-5-2-6-10-26)29(32)33(24-17-13-22(31)14-18-24)28(34)20-35-25-7-3-1-4-8-25/h1-18,27,29H,19-20H2/t27-,29+/m1/s1. The van der Waals surface area contributed by atoms with Crippen molar-refractivity contribution in [3.63, 3.8) is 0 Å². The van der Waals surface area contributed by atoms with E-state index in [0.717, 1.165) is 11.4 Å². The lowest BCUT2D eigenvalue weighted by molar-refractivity contribution is -0.122. The van der Waals surface area contributed by atoms with E-state index in [4.69, 9.17) is 32.7 Å². The van der Waals surface area contributed by atoms with Crippen molar-refractivity contribution in [1.82, 2.24) is 0 Å². The maximum absolute atomic E-state index is 13.7. The Morgan fingerprint density at radius 2 is 1.33 bits per heavy atom. The van der Waals surface area contributed by atoms with Gasteiger partial charge in [-0.1, -0.05) is 59.6 Å². The number of anilines is 2. The van der Waals surface area contributed by atoms with E-state index in [9.17, 15) is 4.79 Å². The van der Waals surface area contributed by atoms with Crippen molar-refractivity contribution in [1.29, 1.82) is 0 Å². The minimum atomic E-state index is -0.417. The van der Waals surface area contributed by atoms with Gasteiger partial charge in [-0.25, -0.2) is 0 Å². The van der Waals surface area contributed by atoms with E-state index in [0.29, 0.717) is 28.0 Å². The Morgan fingerprint density at radius 1 is 0.778 bits per heavy atom. The zero-order chi connectivity index (χ0) is 24.9. The molecule has 36 heavy (non-hydrogen) atoms. The number of rotatable bonds is 8. The van der Waals surface area contributed by atoms with Crippen molar-refractivity contribution in [2.24, 2.45) is 0 Å². The topological polar surface area (TPSA) is 42.0 Å². The molecule has 1 aliphatic heterocycles. The van der Waals surface area contributed by atoms with Gasteiger partial charge in [-0.3, -0.25) is 9.69 Å². The zero-order valence-electron chi connectivity index (χ0n) is 19.3. The summed E-state index contributed by atoms with van der Waals surface area (Å²) in [5, 5.41) is 1.24. The third kappa shape index (κ3) is 5.43. The molecular formula is C29H24Cl2N2O3. The molecule has 1 saturated heterocycles. The second-order valence-electron chi connectivity index (χ2n) is 8.35. The summed E-state index contributed by atoms with van der Waals surface area (Å²) < 4.78 is 12.2. The van der Waals surface area contributed by atoms with E-state index in [-0.39, 0.29) is 18.6 Å². The molecule has 5 nitrogen and oxygen atoms in total. The summed E-state index contributed by atoms with van der Waals surface area (Å²) in [6.07, 6.45) is -0.695. The van der Waals surface area contributed by atoms with Crippen LogP contribution in [0.15, 0.2) is 109 Å². The minimum Gasteiger partial charge on any atom is -0.484 e. The van der Waals surface area contributed by atoms with Crippen LogP contribution in [0.25, 0.3) is 0 Å². The number of ether oxygens (including phenoxy) is 2. The molecule has 7 heteroatoms. The van der Waals surface area contributed by atoms with Gasteiger partial charge in [0.2, 0.25) is 0 Å². The first kappa shape index (κ1) is 24.0. The number of carbonyl (C=O) groups excluding carboxylic acids is 1. The maximum atomic E-state index is 13.7. The molecule has 4 aromatic rings. The average molecular weight is 519 g/mol. The van der Waals surface area contributed by atoms with Crippen LogP contribution in [0.1, 0.15) is 0 Å². The van der Waals surface area contributed by atoms with Gasteiger partial charge < -0.3 is 14.4 Å². The van der Waals surface area contributed by atoms with Crippen LogP contribution in [0.4, 0.5) is 11.4 Å². The lowest BCUT2D eigenvalue weighted by atomic mass is 10.0. The fourth-order valence-electron chi connectivity index (χ4n) is 4.20. The third-order valence-corrected chi connectivity index (χ3v) is 6.46. The van der Waals surface area contributed by atoms with Gasteiger partial charge >= 0.3 is 0 Å². The smallest absolute Gasteiger partial charge is 0.266 e. The number of nitrogens with zero attached hydrogens (tertiary/aromatic N) is 2. The Bertz CT molecular complexity index is 1290. The highest BCUT2D eigenvalue weighted by atomic mass is 35.5. The summed E-state index contributed by atoms with van der Waals surface area (Å²) in [7, 11) is 0. The predicted molar refractivity (Wildman–Crippen MR) is 144 cm³/mol. The maximum Gasteiger partial charge on any atom is 0.266 e. The third-order valence-electron chi connectivity index (χ3n) is 5.96. The first-order chi connectivity index (χ1) is 17.6. The number of hydrogen-bond acceptors (Lipinski definition) is 4. The number of benzene rings is 4. The summed E-state index contributed by atoms with van der Waals surface area (Å²) in [4.78, 5) is 17.6. The van der Waals surface area contributed by atoms with E-state index in [2.05, 4.69) is 4.90 Å². The molecule has 0 aromatic heterocycles. The van der Waals surface area contributed by atoms with Gasteiger partial charge in [0.05, 0.1) is 6.54 Å². The van der Waals surface area contributed by atoms with E-state index in [1.807, 2.05) is 97.1 Å². The molecule has 0 saturated carbocycles. The lowest BCUT2D eigenvalue weighted by Gasteiger charge is -2.53. The summed E-state index contributed by atoms with van der Waals surface area (Å²) in [6.45, 7) is 0.466.